The van der Waals surface area contributed by atoms with Gasteiger partial charge in [0.1, 0.15) is 5.82 Å². The lowest BCUT2D eigenvalue weighted by Gasteiger charge is -2.05. The maximum atomic E-state index is 12.9. The van der Waals surface area contributed by atoms with Gasteiger partial charge < -0.3 is 15.3 Å². The van der Waals surface area contributed by atoms with Crippen molar-refractivity contribution in [2.75, 3.05) is 17.3 Å². The fraction of sp³-hybridized carbons (Fsp3) is 0.0816. The van der Waals surface area contributed by atoms with E-state index in [4.69, 9.17) is 15.3 Å². The highest BCUT2D eigenvalue weighted by Gasteiger charge is 2.17. The van der Waals surface area contributed by atoms with E-state index in [2.05, 4.69) is 46.6 Å². The van der Waals surface area contributed by atoms with Gasteiger partial charge in [-0.2, -0.15) is 14.0 Å². The lowest BCUT2D eigenvalue weighted by atomic mass is 10.1. The summed E-state index contributed by atoms with van der Waals surface area (Å²) in [4.78, 5) is 69.2. The third kappa shape index (κ3) is 14.3. The Hall–Kier alpha value is -9.07. The zero-order valence-electron chi connectivity index (χ0n) is 38.3. The van der Waals surface area contributed by atoms with Crippen molar-refractivity contribution in [2.45, 2.75) is 22.4 Å². The van der Waals surface area contributed by atoms with Crippen LogP contribution in [0.1, 0.15) is 67.7 Å². The van der Waals surface area contributed by atoms with Gasteiger partial charge in [-0.25, -0.2) is 18.8 Å². The van der Waals surface area contributed by atoms with Gasteiger partial charge in [0, 0.05) is 16.7 Å². The predicted octanol–water partition coefficient (Wildman–Crippen LogP) is 7.45. The summed E-state index contributed by atoms with van der Waals surface area (Å²) in [5, 5.41) is 62.3. The summed E-state index contributed by atoms with van der Waals surface area (Å²) in [5.41, 5.74) is 5.11. The van der Waals surface area contributed by atoms with Gasteiger partial charge in [-0.3, -0.25) is 14.4 Å². The molecule has 0 aliphatic carbocycles. The summed E-state index contributed by atoms with van der Waals surface area (Å²) in [6.45, 7) is 1.97. The molecule has 6 aromatic carbocycles. The van der Waals surface area contributed by atoms with Gasteiger partial charge in [-0.1, -0.05) is 95.4 Å². The molecule has 0 bridgehead atoms. The van der Waals surface area contributed by atoms with Gasteiger partial charge in [-0.05, 0) is 135 Å². The normalized spacial score (nSPS) is 10.6. The number of aromatic nitrogens is 12. The van der Waals surface area contributed by atoms with E-state index < -0.39 is 23.7 Å². The Labute approximate surface area is 430 Å². The van der Waals surface area contributed by atoms with Crippen molar-refractivity contribution in [3.8, 4) is 17.1 Å². The first-order chi connectivity index (χ1) is 35.7. The summed E-state index contributed by atoms with van der Waals surface area (Å²) in [7, 11) is 0. The second kappa shape index (κ2) is 25.4. The SMILES string of the molecule is Cc1ccc(C(=O)CSc2nnnn2-c2ccc(C(=O)O)cc2)cc1.O=C(O)c1ccc(-n2nnnc2SCC(=O)c2ccc(F)cc2)cc1.O=C(O)c1ccc(-n2nnnc2SCC(=O)c2ccccc2)cc1. The van der Waals surface area contributed by atoms with E-state index in [0.717, 1.165) is 17.3 Å². The van der Waals surface area contributed by atoms with Crippen molar-refractivity contribution in [1.29, 1.82) is 0 Å². The van der Waals surface area contributed by atoms with E-state index >= 15 is 0 Å². The van der Waals surface area contributed by atoms with Gasteiger partial charge in [-0.15, -0.1) is 15.3 Å². The molecule has 3 N–H and O–H groups in total. The van der Waals surface area contributed by atoms with E-state index in [1.54, 1.807) is 60.7 Å². The molecule has 0 saturated heterocycles. The van der Waals surface area contributed by atoms with E-state index in [0.29, 0.717) is 49.2 Å². The van der Waals surface area contributed by atoms with Crippen LogP contribution in [-0.4, -0.2) is 128 Å². The molecule has 0 unspecified atom stereocenters. The number of rotatable bonds is 18. The number of carbonyl (C=O) groups excluding carboxylic acids is 3. The molecular formula is C49H37FN12O9S3. The molecule has 0 atom stereocenters. The van der Waals surface area contributed by atoms with E-state index in [1.807, 2.05) is 37.3 Å². The fourth-order valence-electron chi connectivity index (χ4n) is 6.17. The largest absolute Gasteiger partial charge is 0.478 e. The molecule has 372 valence electrons. The van der Waals surface area contributed by atoms with Gasteiger partial charge in [0.15, 0.2) is 17.3 Å². The van der Waals surface area contributed by atoms with Crippen LogP contribution < -0.4 is 0 Å². The summed E-state index contributed by atoms with van der Waals surface area (Å²) < 4.78 is 17.2. The van der Waals surface area contributed by atoms with Crippen molar-refractivity contribution in [3.63, 3.8) is 0 Å². The number of Topliss-reactive ketones (excluding diaryl/α,β-unsaturated/α-hetero) is 3. The van der Waals surface area contributed by atoms with Crippen LogP contribution in [0.15, 0.2) is 167 Å². The van der Waals surface area contributed by atoms with Crippen molar-refractivity contribution in [3.05, 3.63) is 196 Å². The average Bonchev–Trinajstić information content (AvgIpc) is 4.22. The third-order valence-corrected chi connectivity index (χ3v) is 12.8. The van der Waals surface area contributed by atoms with Crippen LogP contribution in [0.3, 0.4) is 0 Å². The van der Waals surface area contributed by atoms with Crippen molar-refractivity contribution < 1.29 is 48.5 Å². The number of carbonyl (C=O) groups is 6. The number of thioether (sulfide) groups is 3. The minimum absolute atomic E-state index is 0.0132. The Kier molecular flexibility index (Phi) is 18.1. The predicted molar refractivity (Wildman–Crippen MR) is 268 cm³/mol. The Balaban J connectivity index is 0.000000162. The molecule has 0 fully saturated rings. The number of carboxylic acids is 3. The lowest BCUT2D eigenvalue weighted by molar-refractivity contribution is 0.0686. The maximum Gasteiger partial charge on any atom is 0.335 e. The third-order valence-electron chi connectivity index (χ3n) is 10.0. The zero-order chi connectivity index (χ0) is 52.6. The molecule has 0 amide bonds. The first kappa shape index (κ1) is 52.7. The van der Waals surface area contributed by atoms with Gasteiger partial charge >= 0.3 is 17.9 Å². The zero-order valence-corrected chi connectivity index (χ0v) is 40.8. The second-order valence-corrected chi connectivity index (χ2v) is 17.9. The molecule has 21 nitrogen and oxygen atoms in total. The van der Waals surface area contributed by atoms with E-state index in [9.17, 15) is 33.2 Å². The number of carboxylic acid groups (broad SMARTS) is 3. The van der Waals surface area contributed by atoms with Crippen molar-refractivity contribution in [2.24, 2.45) is 0 Å². The number of hydrogen-bond acceptors (Lipinski definition) is 18. The first-order valence-corrected chi connectivity index (χ1v) is 24.4. The number of ketones is 3. The second-order valence-electron chi connectivity index (χ2n) is 15.1. The Bertz CT molecular complexity index is 3240. The molecule has 0 aliphatic rings. The molecule has 74 heavy (non-hydrogen) atoms. The van der Waals surface area contributed by atoms with Crippen LogP contribution in [0, 0.1) is 12.7 Å². The van der Waals surface area contributed by atoms with Crippen LogP contribution >= 0.6 is 35.3 Å². The number of aryl methyl sites for hydroxylation is 1. The Morgan fingerprint density at radius 3 is 1.00 bits per heavy atom. The topological polar surface area (TPSA) is 294 Å². The summed E-state index contributed by atoms with van der Waals surface area (Å²) in [5.74, 6) is -3.14. The Morgan fingerprint density at radius 1 is 0.405 bits per heavy atom. The highest BCUT2D eigenvalue weighted by atomic mass is 32.2. The van der Waals surface area contributed by atoms with Crippen molar-refractivity contribution in [1.82, 2.24) is 60.6 Å². The number of halogens is 1. The maximum absolute atomic E-state index is 12.9. The minimum Gasteiger partial charge on any atom is -0.478 e. The summed E-state index contributed by atoms with van der Waals surface area (Å²) in [6, 6.07) is 40.1. The average molecular weight is 1050 g/mol. The number of aromatic carboxylic acids is 3. The van der Waals surface area contributed by atoms with Gasteiger partial charge in [0.25, 0.3) is 0 Å². The summed E-state index contributed by atoms with van der Waals surface area (Å²) >= 11 is 3.58. The van der Waals surface area contributed by atoms with Gasteiger partial charge in [0.05, 0.1) is 51.0 Å². The molecule has 0 spiro atoms. The molecule has 0 aliphatic heterocycles. The quantitative estimate of drug-likeness (QED) is 0.0555. The molecule has 25 heteroatoms. The Morgan fingerprint density at radius 2 is 0.689 bits per heavy atom. The highest BCUT2D eigenvalue weighted by Crippen LogP contribution is 2.23. The van der Waals surface area contributed by atoms with E-state index in [-0.39, 0.29) is 51.3 Å². The molecule has 3 aromatic heterocycles. The van der Waals surface area contributed by atoms with Crippen LogP contribution in [0.25, 0.3) is 17.1 Å². The molecule has 9 aromatic rings. The van der Waals surface area contributed by atoms with Crippen molar-refractivity contribution >= 4 is 70.5 Å². The lowest BCUT2D eigenvalue weighted by Crippen LogP contribution is -2.05. The molecule has 0 radical (unpaired) electrons. The van der Waals surface area contributed by atoms with Crippen LogP contribution in [-0.2, 0) is 0 Å². The summed E-state index contributed by atoms with van der Waals surface area (Å²) in [6.07, 6.45) is 0. The standard InChI is InChI=1S/C17H14N4O3S.C16H11FN4O3S.C16H12N4O3S/c1-11-2-4-12(5-3-11)15(22)10-25-17-18-19-20-21(17)14-8-6-13(7-9-14)16(23)24;17-12-5-1-10(2-6-12)14(22)9-25-16-18-19-20-21(16)13-7-3-11(4-8-13)15(23)24;21-14(11-4-2-1-3-5-11)10-24-16-17-18-19-20(16)13-8-6-12(7-9-13)15(22)23/h2-9H,10H2,1H3,(H,23,24);1-8H,9H2,(H,23,24);1-9H,10H2,(H,22,23). The number of hydrogen-bond donors (Lipinski definition) is 3. The van der Waals surface area contributed by atoms with Crippen LogP contribution in [0.2, 0.25) is 0 Å². The highest BCUT2D eigenvalue weighted by molar-refractivity contribution is 8.00. The number of nitrogens with zero attached hydrogens (tertiary/aromatic N) is 12. The van der Waals surface area contributed by atoms with Gasteiger partial charge in [0.2, 0.25) is 15.5 Å². The molecule has 0 saturated carbocycles. The minimum atomic E-state index is -1.03. The molecular weight excluding hydrogens is 1020 g/mol. The number of benzene rings is 6. The molecule has 9 rings (SSSR count). The number of tetrazole rings is 3. The monoisotopic (exact) mass is 1050 g/mol. The first-order valence-electron chi connectivity index (χ1n) is 21.5. The van der Waals surface area contributed by atoms with Crippen LogP contribution in [0.4, 0.5) is 4.39 Å². The van der Waals surface area contributed by atoms with Crippen LogP contribution in [0.5, 0.6) is 0 Å². The smallest absolute Gasteiger partial charge is 0.335 e. The molecule has 3 heterocycles. The van der Waals surface area contributed by atoms with E-state index in [1.165, 1.54) is 98.2 Å². The fourth-order valence-corrected chi connectivity index (χ4v) is 8.52.